The molecule has 0 bridgehead atoms. The number of hydrogen-bond donors (Lipinski definition) is 2. The molecule has 56 valence electrons. The number of hydrogen-bond acceptors (Lipinski definition) is 2. The highest BCUT2D eigenvalue weighted by molar-refractivity contribution is 6.18. The van der Waals surface area contributed by atoms with E-state index < -0.39 is 5.41 Å². The van der Waals surface area contributed by atoms with Gasteiger partial charge < -0.3 is 10.2 Å². The van der Waals surface area contributed by atoms with Crippen molar-refractivity contribution < 1.29 is 10.2 Å². The fraction of sp³-hybridized carbons (Fsp3) is 1.00. The van der Waals surface area contributed by atoms with Gasteiger partial charge in [-0.25, -0.2) is 0 Å². The van der Waals surface area contributed by atoms with Gasteiger partial charge in [-0.3, -0.25) is 0 Å². The predicted molar refractivity (Wildman–Crippen MR) is 37.6 cm³/mol. The largest absolute Gasteiger partial charge is 0.396 e. The standard InChI is InChI=1S/C6H13ClO2/c1-2-6(3-7,4-8)5-9/h8-9H,2-5H2,1H3. The monoisotopic (exact) mass is 152 g/mol. The molecule has 0 aliphatic carbocycles. The lowest BCUT2D eigenvalue weighted by Gasteiger charge is -2.24. The minimum Gasteiger partial charge on any atom is -0.396 e. The number of alkyl halides is 1. The normalized spacial score (nSPS) is 12.0. The maximum Gasteiger partial charge on any atom is 0.0520 e. The van der Waals surface area contributed by atoms with Gasteiger partial charge >= 0.3 is 0 Å². The molecule has 0 aliphatic heterocycles. The Kier molecular flexibility index (Phi) is 4.19. The van der Waals surface area contributed by atoms with Crippen LogP contribution < -0.4 is 0 Å². The number of rotatable bonds is 4. The summed E-state index contributed by atoms with van der Waals surface area (Å²) in [5.74, 6) is 0.316. The number of halogens is 1. The van der Waals surface area contributed by atoms with Crippen molar-refractivity contribution in [2.24, 2.45) is 5.41 Å². The van der Waals surface area contributed by atoms with Gasteiger partial charge in [-0.1, -0.05) is 6.92 Å². The van der Waals surface area contributed by atoms with Gasteiger partial charge in [-0.2, -0.15) is 0 Å². The second-order valence-corrected chi connectivity index (χ2v) is 2.57. The molecule has 0 heterocycles. The van der Waals surface area contributed by atoms with E-state index in [1.165, 1.54) is 0 Å². The Hall–Kier alpha value is 0.210. The quantitative estimate of drug-likeness (QED) is 0.580. The minimum absolute atomic E-state index is 0.0382. The fourth-order valence-electron chi connectivity index (χ4n) is 0.453. The van der Waals surface area contributed by atoms with Crippen LogP contribution in [-0.2, 0) is 0 Å². The summed E-state index contributed by atoms with van der Waals surface area (Å²) < 4.78 is 0. The van der Waals surface area contributed by atoms with Gasteiger partial charge in [0.2, 0.25) is 0 Å². The number of aliphatic hydroxyl groups is 2. The van der Waals surface area contributed by atoms with Crippen LogP contribution in [0.3, 0.4) is 0 Å². The molecule has 0 unspecified atom stereocenters. The van der Waals surface area contributed by atoms with Crippen molar-refractivity contribution in [1.29, 1.82) is 0 Å². The van der Waals surface area contributed by atoms with Crippen molar-refractivity contribution in [1.82, 2.24) is 0 Å². The summed E-state index contributed by atoms with van der Waals surface area (Å²) in [5.41, 5.74) is -0.457. The molecular formula is C6H13ClO2. The topological polar surface area (TPSA) is 40.5 Å². The van der Waals surface area contributed by atoms with Gasteiger partial charge in [0.1, 0.15) is 0 Å². The highest BCUT2D eigenvalue weighted by Crippen LogP contribution is 2.21. The third-order valence-electron chi connectivity index (χ3n) is 1.70. The maximum atomic E-state index is 8.73. The third-order valence-corrected chi connectivity index (χ3v) is 2.27. The Labute approximate surface area is 60.5 Å². The van der Waals surface area contributed by atoms with Crippen molar-refractivity contribution in [3.8, 4) is 0 Å². The molecule has 9 heavy (non-hydrogen) atoms. The van der Waals surface area contributed by atoms with Crippen molar-refractivity contribution in [3.05, 3.63) is 0 Å². The molecule has 0 fully saturated rings. The lowest BCUT2D eigenvalue weighted by Crippen LogP contribution is -2.30. The molecule has 0 aliphatic rings. The average molecular weight is 153 g/mol. The molecule has 2 N–H and O–H groups in total. The first-order chi connectivity index (χ1) is 4.24. The van der Waals surface area contributed by atoms with Gasteiger partial charge in [0.25, 0.3) is 0 Å². The molecule has 0 radical (unpaired) electrons. The maximum absolute atomic E-state index is 8.73. The Balaban J connectivity index is 3.82. The van der Waals surface area contributed by atoms with E-state index in [-0.39, 0.29) is 13.2 Å². The first-order valence-corrected chi connectivity index (χ1v) is 3.56. The molecule has 3 heteroatoms. The molecule has 0 rings (SSSR count). The first-order valence-electron chi connectivity index (χ1n) is 3.02. The molecule has 2 nitrogen and oxygen atoms in total. The summed E-state index contributed by atoms with van der Waals surface area (Å²) in [4.78, 5) is 0. The molecular weight excluding hydrogens is 140 g/mol. The second-order valence-electron chi connectivity index (χ2n) is 2.30. The highest BCUT2D eigenvalue weighted by atomic mass is 35.5. The van der Waals surface area contributed by atoms with Crippen LogP contribution in [0.25, 0.3) is 0 Å². The van der Waals surface area contributed by atoms with E-state index in [0.29, 0.717) is 12.3 Å². The van der Waals surface area contributed by atoms with E-state index >= 15 is 0 Å². The van der Waals surface area contributed by atoms with Gasteiger partial charge in [0, 0.05) is 11.3 Å². The predicted octanol–water partition coefficient (Wildman–Crippen LogP) is 0.606. The molecule has 0 aromatic carbocycles. The van der Waals surface area contributed by atoms with Crippen LogP contribution in [0.1, 0.15) is 13.3 Å². The second kappa shape index (κ2) is 4.09. The summed E-state index contributed by atoms with van der Waals surface area (Å²) in [7, 11) is 0. The van der Waals surface area contributed by atoms with E-state index in [2.05, 4.69) is 0 Å². The molecule has 0 aromatic rings. The Morgan fingerprint density at radius 3 is 1.78 bits per heavy atom. The number of aliphatic hydroxyl groups excluding tert-OH is 2. The molecule has 0 amide bonds. The van der Waals surface area contributed by atoms with Crippen LogP contribution in [0.5, 0.6) is 0 Å². The van der Waals surface area contributed by atoms with Crippen LogP contribution in [0, 0.1) is 5.41 Å². The average Bonchev–Trinajstić information content (AvgIpc) is 1.95. The minimum atomic E-state index is -0.457. The van der Waals surface area contributed by atoms with Gasteiger partial charge in [-0.05, 0) is 6.42 Å². The van der Waals surface area contributed by atoms with E-state index in [1.807, 2.05) is 6.92 Å². The van der Waals surface area contributed by atoms with Crippen LogP contribution in [0.4, 0.5) is 0 Å². The zero-order valence-corrected chi connectivity index (χ0v) is 6.36. The van der Waals surface area contributed by atoms with Crippen molar-refractivity contribution in [2.75, 3.05) is 19.1 Å². The lowest BCUT2D eigenvalue weighted by molar-refractivity contribution is 0.0699. The molecule has 0 saturated heterocycles. The van der Waals surface area contributed by atoms with E-state index in [9.17, 15) is 0 Å². The van der Waals surface area contributed by atoms with Crippen LogP contribution in [-0.4, -0.2) is 29.3 Å². The molecule has 0 spiro atoms. The van der Waals surface area contributed by atoms with Crippen LogP contribution in [0.2, 0.25) is 0 Å². The zero-order chi connectivity index (χ0) is 7.33. The summed E-state index contributed by atoms with van der Waals surface area (Å²) in [5, 5.41) is 17.5. The highest BCUT2D eigenvalue weighted by Gasteiger charge is 2.24. The fourth-order valence-corrected chi connectivity index (χ4v) is 0.811. The Morgan fingerprint density at radius 2 is 1.78 bits per heavy atom. The van der Waals surface area contributed by atoms with Crippen molar-refractivity contribution in [3.63, 3.8) is 0 Å². The SMILES string of the molecule is CCC(CO)(CO)CCl. The lowest BCUT2D eigenvalue weighted by atomic mass is 9.90. The van der Waals surface area contributed by atoms with Gasteiger partial charge in [-0.15, -0.1) is 11.6 Å². The molecule has 0 aromatic heterocycles. The zero-order valence-electron chi connectivity index (χ0n) is 5.60. The first kappa shape index (κ1) is 9.21. The van der Waals surface area contributed by atoms with Crippen molar-refractivity contribution in [2.45, 2.75) is 13.3 Å². The smallest absolute Gasteiger partial charge is 0.0520 e. The van der Waals surface area contributed by atoms with E-state index in [0.717, 1.165) is 0 Å². The molecule has 0 atom stereocenters. The Morgan fingerprint density at radius 1 is 1.33 bits per heavy atom. The summed E-state index contributed by atoms with van der Waals surface area (Å²) in [6.45, 7) is 1.82. The van der Waals surface area contributed by atoms with Gasteiger partial charge in [0.15, 0.2) is 0 Å². The Bertz CT molecular complexity index is 53.9. The van der Waals surface area contributed by atoms with Crippen molar-refractivity contribution >= 4 is 11.6 Å². The third kappa shape index (κ3) is 2.12. The summed E-state index contributed by atoms with van der Waals surface area (Å²) in [6.07, 6.45) is 0.712. The summed E-state index contributed by atoms with van der Waals surface area (Å²) in [6, 6.07) is 0. The summed E-state index contributed by atoms with van der Waals surface area (Å²) >= 11 is 5.50. The van der Waals surface area contributed by atoms with Crippen LogP contribution >= 0.6 is 11.6 Å². The van der Waals surface area contributed by atoms with Gasteiger partial charge in [0.05, 0.1) is 13.2 Å². The van der Waals surface area contributed by atoms with E-state index in [4.69, 9.17) is 21.8 Å². The molecule has 0 saturated carbocycles. The van der Waals surface area contributed by atoms with Crippen LogP contribution in [0.15, 0.2) is 0 Å². The van der Waals surface area contributed by atoms with E-state index in [1.54, 1.807) is 0 Å².